The van der Waals surface area contributed by atoms with Crippen LogP contribution in [0.5, 0.6) is 5.88 Å². The fourth-order valence-electron chi connectivity index (χ4n) is 1.34. The van der Waals surface area contributed by atoms with Gasteiger partial charge in [-0.2, -0.15) is 4.98 Å². The number of carbonyl (C=O) groups is 1. The van der Waals surface area contributed by atoms with Crippen molar-refractivity contribution in [1.29, 1.82) is 0 Å². The summed E-state index contributed by atoms with van der Waals surface area (Å²) in [4.78, 5) is 20.3. The molecule has 94 valence electrons. The van der Waals surface area contributed by atoms with E-state index in [1.54, 1.807) is 13.0 Å². The zero-order chi connectivity index (χ0) is 13.1. The van der Waals surface area contributed by atoms with Crippen LogP contribution < -0.4 is 4.74 Å². The summed E-state index contributed by atoms with van der Waals surface area (Å²) in [6.45, 7) is 9.99. The number of aromatic nitrogens is 2. The lowest BCUT2D eigenvalue weighted by Gasteiger charge is -2.16. The average molecular weight is 236 g/mol. The molecule has 1 heterocycles. The average Bonchev–Trinajstić information content (AvgIpc) is 2.15. The highest BCUT2D eigenvalue weighted by Gasteiger charge is 2.22. The maximum absolute atomic E-state index is 11.9. The predicted molar refractivity (Wildman–Crippen MR) is 66.1 cm³/mol. The molecule has 0 spiro atoms. The molecule has 1 rings (SSSR count). The fourth-order valence-corrected chi connectivity index (χ4v) is 1.34. The van der Waals surface area contributed by atoms with Crippen LogP contribution in [0.3, 0.4) is 0 Å². The van der Waals surface area contributed by atoms with Crippen LogP contribution >= 0.6 is 0 Å². The number of ether oxygens (including phenoxy) is 1. The Morgan fingerprint density at radius 2 is 2.00 bits per heavy atom. The lowest BCUT2D eigenvalue weighted by molar-refractivity contribution is -0.125. The molecule has 0 saturated heterocycles. The number of nitrogens with zero attached hydrogens (tertiary/aromatic N) is 2. The molecule has 0 N–H and O–H groups in total. The van der Waals surface area contributed by atoms with Gasteiger partial charge in [-0.15, -0.1) is 0 Å². The van der Waals surface area contributed by atoms with Crippen LogP contribution in [-0.2, 0) is 11.2 Å². The first-order chi connectivity index (χ1) is 7.82. The second kappa shape index (κ2) is 5.25. The van der Waals surface area contributed by atoms with E-state index in [1.807, 2.05) is 27.7 Å². The summed E-state index contributed by atoms with van der Waals surface area (Å²) in [7, 11) is 0. The van der Waals surface area contributed by atoms with Crippen molar-refractivity contribution in [3.8, 4) is 5.88 Å². The zero-order valence-electron chi connectivity index (χ0n) is 11.2. The van der Waals surface area contributed by atoms with Gasteiger partial charge in [0.15, 0.2) is 0 Å². The number of rotatable bonds is 4. The van der Waals surface area contributed by atoms with Crippen LogP contribution in [0.15, 0.2) is 6.07 Å². The Kier molecular flexibility index (Phi) is 4.21. The van der Waals surface area contributed by atoms with Gasteiger partial charge in [0, 0.05) is 17.9 Å². The fraction of sp³-hybridized carbons (Fsp3) is 0.615. The first-order valence-corrected chi connectivity index (χ1v) is 5.83. The van der Waals surface area contributed by atoms with E-state index in [2.05, 4.69) is 9.97 Å². The normalized spacial score (nSPS) is 11.4. The molecule has 0 aromatic carbocycles. The van der Waals surface area contributed by atoms with Crippen LogP contribution in [0, 0.1) is 12.3 Å². The summed E-state index contributed by atoms with van der Waals surface area (Å²) in [5.74, 6) is 1.34. The molecule has 1 aromatic rings. The Balaban J connectivity index is 2.88. The quantitative estimate of drug-likeness (QED) is 0.805. The van der Waals surface area contributed by atoms with Gasteiger partial charge in [0.2, 0.25) is 5.88 Å². The molecule has 0 aliphatic heterocycles. The topological polar surface area (TPSA) is 52.1 Å². The van der Waals surface area contributed by atoms with Gasteiger partial charge in [-0.05, 0) is 13.8 Å². The summed E-state index contributed by atoms with van der Waals surface area (Å²) >= 11 is 0. The Morgan fingerprint density at radius 1 is 1.35 bits per heavy atom. The van der Waals surface area contributed by atoms with Gasteiger partial charge >= 0.3 is 0 Å². The molecule has 0 atom stereocenters. The number of hydrogen-bond donors (Lipinski definition) is 0. The summed E-state index contributed by atoms with van der Waals surface area (Å²) in [6, 6.07) is 1.74. The van der Waals surface area contributed by atoms with Crippen LogP contribution in [0.1, 0.15) is 39.2 Å². The molecule has 0 bridgehead atoms. The van der Waals surface area contributed by atoms with E-state index in [1.165, 1.54) is 0 Å². The molecule has 0 unspecified atom stereocenters. The van der Waals surface area contributed by atoms with Crippen LogP contribution in [0.4, 0.5) is 0 Å². The van der Waals surface area contributed by atoms with Crippen molar-refractivity contribution in [1.82, 2.24) is 9.97 Å². The third-order valence-corrected chi connectivity index (χ3v) is 2.34. The van der Waals surface area contributed by atoms with Crippen molar-refractivity contribution in [3.63, 3.8) is 0 Å². The van der Waals surface area contributed by atoms with E-state index in [0.717, 1.165) is 5.69 Å². The van der Waals surface area contributed by atoms with E-state index in [0.29, 0.717) is 24.7 Å². The molecule has 0 fully saturated rings. The van der Waals surface area contributed by atoms with Crippen molar-refractivity contribution < 1.29 is 9.53 Å². The minimum absolute atomic E-state index is 0.165. The smallest absolute Gasteiger partial charge is 0.216 e. The van der Waals surface area contributed by atoms with Gasteiger partial charge in [0.05, 0.1) is 12.3 Å². The van der Waals surface area contributed by atoms with E-state index in [4.69, 9.17) is 4.74 Å². The molecular weight excluding hydrogens is 216 g/mol. The Bertz CT molecular complexity index is 408. The maximum Gasteiger partial charge on any atom is 0.216 e. The minimum Gasteiger partial charge on any atom is -0.478 e. The monoisotopic (exact) mass is 236 g/mol. The summed E-state index contributed by atoms with van der Waals surface area (Å²) in [5.41, 5.74) is 0.380. The van der Waals surface area contributed by atoms with Gasteiger partial charge in [-0.1, -0.05) is 20.8 Å². The van der Waals surface area contributed by atoms with E-state index in [9.17, 15) is 4.79 Å². The van der Waals surface area contributed by atoms with Crippen molar-refractivity contribution in [2.45, 2.75) is 41.0 Å². The van der Waals surface area contributed by atoms with Gasteiger partial charge < -0.3 is 4.74 Å². The number of Topliss-reactive ketones (excluding diaryl/α,β-unsaturated/α-hetero) is 1. The number of aryl methyl sites for hydroxylation is 1. The number of hydrogen-bond acceptors (Lipinski definition) is 4. The third kappa shape index (κ3) is 4.13. The van der Waals surface area contributed by atoms with Gasteiger partial charge in [0.25, 0.3) is 0 Å². The van der Waals surface area contributed by atoms with Gasteiger partial charge in [-0.3, -0.25) is 4.79 Å². The van der Waals surface area contributed by atoms with E-state index in [-0.39, 0.29) is 11.2 Å². The Hall–Kier alpha value is -1.45. The maximum atomic E-state index is 11.9. The Labute approximate surface area is 102 Å². The molecule has 1 aromatic heterocycles. The molecule has 0 aliphatic carbocycles. The van der Waals surface area contributed by atoms with Crippen molar-refractivity contribution in [2.75, 3.05) is 6.61 Å². The molecule has 0 radical (unpaired) electrons. The van der Waals surface area contributed by atoms with E-state index >= 15 is 0 Å². The molecule has 0 saturated carbocycles. The SMILES string of the molecule is CCOc1cc(CC(=O)C(C)(C)C)nc(C)n1. The summed E-state index contributed by atoms with van der Waals surface area (Å²) in [6.07, 6.45) is 0.326. The first kappa shape index (κ1) is 13.6. The van der Waals surface area contributed by atoms with E-state index < -0.39 is 0 Å². The van der Waals surface area contributed by atoms with Crippen molar-refractivity contribution >= 4 is 5.78 Å². The Morgan fingerprint density at radius 3 is 2.53 bits per heavy atom. The number of ketones is 1. The molecule has 4 heteroatoms. The largest absolute Gasteiger partial charge is 0.478 e. The standard InChI is InChI=1S/C13H20N2O2/c1-6-17-12-8-10(14-9(2)15-12)7-11(16)13(3,4)5/h8H,6-7H2,1-5H3. The second-order valence-corrected chi connectivity index (χ2v) is 5.03. The van der Waals surface area contributed by atoms with Crippen molar-refractivity contribution in [2.24, 2.45) is 5.41 Å². The molecule has 17 heavy (non-hydrogen) atoms. The van der Waals surface area contributed by atoms with Gasteiger partial charge in [0.1, 0.15) is 11.6 Å². The molecule has 4 nitrogen and oxygen atoms in total. The summed E-state index contributed by atoms with van der Waals surface area (Å²) < 4.78 is 5.33. The summed E-state index contributed by atoms with van der Waals surface area (Å²) in [5, 5.41) is 0. The van der Waals surface area contributed by atoms with Crippen LogP contribution in [0.25, 0.3) is 0 Å². The lowest BCUT2D eigenvalue weighted by Crippen LogP contribution is -2.22. The highest BCUT2D eigenvalue weighted by atomic mass is 16.5. The molecule has 0 aliphatic rings. The highest BCUT2D eigenvalue weighted by Crippen LogP contribution is 2.18. The third-order valence-electron chi connectivity index (χ3n) is 2.34. The van der Waals surface area contributed by atoms with Gasteiger partial charge in [-0.25, -0.2) is 4.98 Å². The molecular formula is C13H20N2O2. The highest BCUT2D eigenvalue weighted by molar-refractivity contribution is 5.85. The van der Waals surface area contributed by atoms with Crippen molar-refractivity contribution in [3.05, 3.63) is 17.6 Å². The predicted octanol–water partition coefficient (Wildman–Crippen LogP) is 2.34. The van der Waals surface area contributed by atoms with Crippen LogP contribution in [0.2, 0.25) is 0 Å². The zero-order valence-corrected chi connectivity index (χ0v) is 11.2. The second-order valence-electron chi connectivity index (χ2n) is 5.03. The molecule has 0 amide bonds. The van der Waals surface area contributed by atoms with Crippen LogP contribution in [-0.4, -0.2) is 22.4 Å². The lowest BCUT2D eigenvalue weighted by atomic mass is 9.88. The minimum atomic E-state index is -0.343. The number of carbonyl (C=O) groups excluding carboxylic acids is 1. The first-order valence-electron chi connectivity index (χ1n) is 5.83.